The van der Waals surface area contributed by atoms with Gasteiger partial charge >= 0.3 is 5.97 Å². The van der Waals surface area contributed by atoms with E-state index in [0.29, 0.717) is 17.7 Å². The molecule has 0 spiro atoms. The fourth-order valence-electron chi connectivity index (χ4n) is 4.67. The maximum absolute atomic E-state index is 13.5. The number of methoxy groups -OCH3 is 1. The third-order valence-electron chi connectivity index (χ3n) is 6.85. The minimum Gasteiger partial charge on any atom is -0.494 e. The number of hydrogen-bond acceptors (Lipinski definition) is 5. The van der Waals surface area contributed by atoms with Crippen LogP contribution in [0.3, 0.4) is 0 Å². The molecule has 0 aliphatic rings. The minimum atomic E-state index is -0.735. The van der Waals surface area contributed by atoms with Gasteiger partial charge in [-0.15, -0.1) is 0 Å². The van der Waals surface area contributed by atoms with Gasteiger partial charge in [0.05, 0.1) is 25.7 Å². The number of ether oxygens (including phenoxy) is 2. The summed E-state index contributed by atoms with van der Waals surface area (Å²) >= 11 is 0. The van der Waals surface area contributed by atoms with Gasteiger partial charge in [0.2, 0.25) is 0 Å². The Morgan fingerprint density at radius 1 is 0.881 bits per heavy atom. The normalized spacial score (nSPS) is 12.3. The molecule has 7 nitrogen and oxygen atoms in total. The lowest BCUT2D eigenvalue weighted by atomic mass is 9.90. The Morgan fingerprint density at radius 3 is 2.31 bits per heavy atom. The molecule has 0 fully saturated rings. The van der Waals surface area contributed by atoms with Crippen molar-refractivity contribution in [2.75, 3.05) is 13.7 Å². The number of carbonyl (C=O) groups excluding carboxylic acids is 2. The van der Waals surface area contributed by atoms with Gasteiger partial charge in [-0.05, 0) is 65.9 Å². The second kappa shape index (κ2) is 14.5. The summed E-state index contributed by atoms with van der Waals surface area (Å²) in [5, 5.41) is 10.8. The highest BCUT2D eigenvalue weighted by molar-refractivity contribution is 5.96. The summed E-state index contributed by atoms with van der Waals surface area (Å²) in [6.45, 7) is 2.52. The highest BCUT2D eigenvalue weighted by atomic mass is 16.5. The second-order valence-corrected chi connectivity index (χ2v) is 9.76. The summed E-state index contributed by atoms with van der Waals surface area (Å²) in [6, 6.07) is 31.2. The molecule has 4 aromatic rings. The van der Waals surface area contributed by atoms with Gasteiger partial charge in [-0.1, -0.05) is 84.9 Å². The number of nitrogen functional groups attached to an aromatic ring is 1. The zero-order valence-corrected chi connectivity index (χ0v) is 23.7. The Labute approximate surface area is 246 Å². The van der Waals surface area contributed by atoms with E-state index >= 15 is 0 Å². The number of amidine groups is 1. The van der Waals surface area contributed by atoms with E-state index in [1.165, 1.54) is 7.11 Å². The first-order chi connectivity index (χ1) is 20.4. The summed E-state index contributed by atoms with van der Waals surface area (Å²) in [5.74, 6) is -0.794. The summed E-state index contributed by atoms with van der Waals surface area (Å²) < 4.78 is 10.8. The Balaban J connectivity index is 1.61. The molecule has 0 aliphatic heterocycles. The molecule has 214 valence electrons. The number of benzene rings is 4. The average molecular weight is 562 g/mol. The number of esters is 1. The van der Waals surface area contributed by atoms with Crippen LogP contribution >= 0.6 is 0 Å². The molecule has 42 heavy (non-hydrogen) atoms. The number of nitrogens with one attached hydrogen (secondary N) is 2. The van der Waals surface area contributed by atoms with E-state index in [2.05, 4.69) is 5.32 Å². The van der Waals surface area contributed by atoms with Crippen molar-refractivity contribution in [3.63, 3.8) is 0 Å². The third-order valence-corrected chi connectivity index (χ3v) is 6.85. The maximum Gasteiger partial charge on any atom is 0.311 e. The zero-order chi connectivity index (χ0) is 29.9. The molecular formula is C35H35N3O4. The van der Waals surface area contributed by atoms with E-state index in [1.54, 1.807) is 30.3 Å². The van der Waals surface area contributed by atoms with Gasteiger partial charge in [-0.25, -0.2) is 0 Å². The van der Waals surface area contributed by atoms with Crippen LogP contribution in [0, 0.1) is 11.3 Å². The van der Waals surface area contributed by atoms with Crippen molar-refractivity contribution in [2.24, 2.45) is 11.7 Å². The molecule has 0 radical (unpaired) electrons. The van der Waals surface area contributed by atoms with Crippen LogP contribution in [0.5, 0.6) is 5.75 Å². The number of rotatable bonds is 12. The highest BCUT2D eigenvalue weighted by Gasteiger charge is 2.30. The SMILES string of the molecule is CCOc1cccc(-c2ccc(C(=O)NC(C=Cc3ccccc3)C(Cc3cccc(C(=N)N)c3)C(=O)OC)cc2)c1. The first kappa shape index (κ1) is 29.8. The first-order valence-electron chi connectivity index (χ1n) is 13.8. The Hall–Kier alpha value is -5.17. The van der Waals surface area contributed by atoms with Crippen molar-refractivity contribution in [3.8, 4) is 16.9 Å². The van der Waals surface area contributed by atoms with E-state index in [1.807, 2.05) is 91.9 Å². The monoisotopic (exact) mass is 561 g/mol. The van der Waals surface area contributed by atoms with Crippen molar-refractivity contribution >= 4 is 23.8 Å². The minimum absolute atomic E-state index is 0.0617. The Kier molecular flexibility index (Phi) is 10.3. The van der Waals surface area contributed by atoms with Crippen molar-refractivity contribution in [2.45, 2.75) is 19.4 Å². The number of amides is 1. The van der Waals surface area contributed by atoms with Crippen LogP contribution in [0.4, 0.5) is 0 Å². The molecule has 4 aromatic carbocycles. The molecule has 0 saturated heterocycles. The van der Waals surface area contributed by atoms with Gasteiger partial charge in [-0.3, -0.25) is 15.0 Å². The number of hydrogen-bond donors (Lipinski definition) is 3. The largest absolute Gasteiger partial charge is 0.494 e. The van der Waals surface area contributed by atoms with Gasteiger partial charge < -0.3 is 20.5 Å². The van der Waals surface area contributed by atoms with E-state index in [4.69, 9.17) is 20.6 Å². The predicted molar refractivity (Wildman–Crippen MR) is 166 cm³/mol. The smallest absolute Gasteiger partial charge is 0.311 e. The fraction of sp³-hybridized carbons (Fsp3) is 0.171. The summed E-state index contributed by atoms with van der Waals surface area (Å²) in [5.41, 5.74) is 10.4. The van der Waals surface area contributed by atoms with Crippen LogP contribution in [0.2, 0.25) is 0 Å². The quantitative estimate of drug-likeness (QED) is 0.114. The molecule has 0 aliphatic carbocycles. The molecule has 2 unspecified atom stereocenters. The van der Waals surface area contributed by atoms with Gasteiger partial charge in [-0.2, -0.15) is 0 Å². The standard InChI is InChI=1S/C35H35N3O4/c1-3-42-30-14-8-12-28(23-30)26-16-18-27(19-17-26)34(39)38-32(20-15-24-9-5-4-6-10-24)31(35(40)41-2)22-25-11-7-13-29(21-25)33(36)37/h4-21,23,31-32H,3,22H2,1-2H3,(H3,36,37)(H,38,39). The predicted octanol–water partition coefficient (Wildman–Crippen LogP) is 5.88. The van der Waals surface area contributed by atoms with Crippen molar-refractivity contribution in [1.82, 2.24) is 5.32 Å². The molecular weight excluding hydrogens is 526 g/mol. The molecule has 4 rings (SSSR count). The topological polar surface area (TPSA) is 115 Å². The van der Waals surface area contributed by atoms with E-state index in [9.17, 15) is 9.59 Å². The van der Waals surface area contributed by atoms with Crippen LogP contribution in [0.15, 0.2) is 109 Å². The molecule has 4 N–H and O–H groups in total. The molecule has 0 saturated carbocycles. The van der Waals surface area contributed by atoms with E-state index < -0.39 is 17.9 Å². The van der Waals surface area contributed by atoms with Gasteiger partial charge in [0.1, 0.15) is 11.6 Å². The van der Waals surface area contributed by atoms with Gasteiger partial charge in [0, 0.05) is 11.1 Å². The second-order valence-electron chi connectivity index (χ2n) is 9.76. The fourth-order valence-corrected chi connectivity index (χ4v) is 4.67. The molecule has 1 amide bonds. The third kappa shape index (κ3) is 7.95. The maximum atomic E-state index is 13.5. The Bertz CT molecular complexity index is 1550. The van der Waals surface area contributed by atoms with Crippen LogP contribution in [-0.2, 0) is 16.0 Å². The highest BCUT2D eigenvalue weighted by Crippen LogP contribution is 2.25. The lowest BCUT2D eigenvalue weighted by Crippen LogP contribution is -2.43. The van der Waals surface area contributed by atoms with Crippen LogP contribution in [0.25, 0.3) is 17.2 Å². The van der Waals surface area contributed by atoms with Gasteiger partial charge in [0.25, 0.3) is 5.91 Å². The van der Waals surface area contributed by atoms with Crippen LogP contribution in [-0.4, -0.2) is 37.5 Å². The summed E-state index contributed by atoms with van der Waals surface area (Å²) in [6.07, 6.45) is 3.96. The zero-order valence-electron chi connectivity index (χ0n) is 23.7. The van der Waals surface area contributed by atoms with E-state index in [0.717, 1.165) is 28.0 Å². The summed E-state index contributed by atoms with van der Waals surface area (Å²) in [7, 11) is 1.33. The van der Waals surface area contributed by atoms with Crippen molar-refractivity contribution < 1.29 is 19.1 Å². The molecule has 7 heteroatoms. The van der Waals surface area contributed by atoms with Crippen LogP contribution < -0.4 is 15.8 Å². The lowest BCUT2D eigenvalue weighted by Gasteiger charge is -2.24. The van der Waals surface area contributed by atoms with Gasteiger partial charge in [0.15, 0.2) is 0 Å². The average Bonchev–Trinajstić information content (AvgIpc) is 3.02. The molecule has 0 aromatic heterocycles. The number of carbonyl (C=O) groups is 2. The molecule has 2 atom stereocenters. The van der Waals surface area contributed by atoms with E-state index in [-0.39, 0.29) is 18.2 Å². The number of nitrogens with two attached hydrogens (primary N) is 1. The summed E-state index contributed by atoms with van der Waals surface area (Å²) in [4.78, 5) is 26.6. The Morgan fingerprint density at radius 2 is 1.62 bits per heavy atom. The van der Waals surface area contributed by atoms with Crippen molar-refractivity contribution in [3.05, 3.63) is 131 Å². The molecule has 0 heterocycles. The molecule has 0 bridgehead atoms. The van der Waals surface area contributed by atoms with Crippen molar-refractivity contribution in [1.29, 1.82) is 5.41 Å². The van der Waals surface area contributed by atoms with Crippen LogP contribution in [0.1, 0.15) is 34.0 Å². The lowest BCUT2D eigenvalue weighted by molar-refractivity contribution is -0.145. The first-order valence-corrected chi connectivity index (χ1v) is 13.8.